The Labute approximate surface area is 127 Å². The number of aryl methyl sites for hydroxylation is 2. The molecule has 0 spiro atoms. The third kappa shape index (κ3) is 3.51. The van der Waals surface area contributed by atoms with Gasteiger partial charge in [0.15, 0.2) is 0 Å². The van der Waals surface area contributed by atoms with Crippen LogP contribution in [0.15, 0.2) is 30.3 Å². The quantitative estimate of drug-likeness (QED) is 0.853. The molecule has 1 aromatic carbocycles. The van der Waals surface area contributed by atoms with Crippen molar-refractivity contribution in [3.05, 3.63) is 52.3 Å². The number of amides is 1. The van der Waals surface area contributed by atoms with E-state index in [1.807, 2.05) is 6.92 Å². The fourth-order valence-electron chi connectivity index (χ4n) is 1.95. The molecule has 0 atom stereocenters. The molecule has 2 N–H and O–H groups in total. The number of carbonyl (C=O) groups excluding carboxylic acids is 1. The van der Waals surface area contributed by atoms with Gasteiger partial charge < -0.3 is 10.4 Å². The molecule has 0 bridgehead atoms. The second-order valence-corrected chi connectivity index (χ2v) is 4.91. The van der Waals surface area contributed by atoms with Crippen molar-refractivity contribution in [2.24, 2.45) is 7.05 Å². The van der Waals surface area contributed by atoms with Gasteiger partial charge in [-0.1, -0.05) is 29.8 Å². The zero-order valence-electron chi connectivity index (χ0n) is 11.8. The van der Waals surface area contributed by atoms with Gasteiger partial charge in [-0.2, -0.15) is 5.10 Å². The molecule has 1 amide bonds. The number of aromatic nitrogens is 2. The maximum absolute atomic E-state index is 11.9. The van der Waals surface area contributed by atoms with E-state index in [-0.39, 0.29) is 12.5 Å². The minimum atomic E-state index is -0.296. The van der Waals surface area contributed by atoms with Crippen LogP contribution in [0.4, 0.5) is 5.69 Å². The molecule has 5 nitrogen and oxygen atoms in total. The van der Waals surface area contributed by atoms with Crippen LogP contribution in [0.5, 0.6) is 0 Å². The standard InChI is InChI=1S/C15H16ClN3O2/c1-10-12(15(16)19(2)18-10)7-8-14(21)17-13-6-4-3-5-11(13)9-20/h3-8,20H,9H2,1-2H3,(H,17,21). The first-order valence-electron chi connectivity index (χ1n) is 6.40. The van der Waals surface area contributed by atoms with Gasteiger partial charge in [0.2, 0.25) is 5.91 Å². The molecule has 0 saturated heterocycles. The molecule has 0 fully saturated rings. The lowest BCUT2D eigenvalue weighted by Crippen LogP contribution is -2.09. The molecule has 1 heterocycles. The van der Waals surface area contributed by atoms with Crippen LogP contribution in [0.3, 0.4) is 0 Å². The number of nitrogens with zero attached hydrogens (tertiary/aromatic N) is 2. The number of halogens is 1. The predicted octanol–water partition coefficient (Wildman–Crippen LogP) is 2.53. The van der Waals surface area contributed by atoms with Gasteiger partial charge in [-0.05, 0) is 19.1 Å². The highest BCUT2D eigenvalue weighted by Gasteiger charge is 2.09. The average molecular weight is 306 g/mol. The highest BCUT2D eigenvalue weighted by atomic mass is 35.5. The monoisotopic (exact) mass is 305 g/mol. The van der Waals surface area contributed by atoms with Gasteiger partial charge in [0, 0.05) is 29.9 Å². The Hall–Kier alpha value is -2.11. The zero-order chi connectivity index (χ0) is 15.4. The van der Waals surface area contributed by atoms with E-state index in [9.17, 15) is 9.90 Å². The topological polar surface area (TPSA) is 67.2 Å². The molecule has 1 aromatic heterocycles. The number of benzene rings is 1. The summed E-state index contributed by atoms with van der Waals surface area (Å²) in [6.45, 7) is 1.69. The fraction of sp³-hybridized carbons (Fsp3) is 0.200. The molecule has 0 radical (unpaired) electrons. The van der Waals surface area contributed by atoms with Crippen molar-refractivity contribution in [3.63, 3.8) is 0 Å². The van der Waals surface area contributed by atoms with E-state index in [0.717, 1.165) is 5.69 Å². The lowest BCUT2D eigenvalue weighted by molar-refractivity contribution is -0.111. The van der Waals surface area contributed by atoms with Crippen molar-refractivity contribution in [2.75, 3.05) is 5.32 Å². The lowest BCUT2D eigenvalue weighted by atomic mass is 10.2. The summed E-state index contributed by atoms with van der Waals surface area (Å²) in [5, 5.41) is 16.6. The second kappa shape index (κ2) is 6.56. The number of para-hydroxylation sites is 1. The lowest BCUT2D eigenvalue weighted by Gasteiger charge is -2.06. The van der Waals surface area contributed by atoms with E-state index in [4.69, 9.17) is 11.6 Å². The van der Waals surface area contributed by atoms with Crippen LogP contribution in [0, 0.1) is 6.92 Å². The molecule has 110 valence electrons. The second-order valence-electron chi connectivity index (χ2n) is 4.55. The third-order valence-corrected chi connectivity index (χ3v) is 3.49. The summed E-state index contributed by atoms with van der Waals surface area (Å²) >= 11 is 6.09. The summed E-state index contributed by atoms with van der Waals surface area (Å²) in [5.41, 5.74) is 2.71. The van der Waals surface area contributed by atoms with Crippen LogP contribution in [0.2, 0.25) is 5.15 Å². The van der Waals surface area contributed by atoms with Crippen LogP contribution in [0.25, 0.3) is 6.08 Å². The van der Waals surface area contributed by atoms with Crippen LogP contribution in [0.1, 0.15) is 16.8 Å². The molecular weight excluding hydrogens is 290 g/mol. The van der Waals surface area contributed by atoms with Gasteiger partial charge in [-0.25, -0.2) is 0 Å². The Kier molecular flexibility index (Phi) is 4.77. The molecule has 2 rings (SSSR count). The van der Waals surface area contributed by atoms with Crippen LogP contribution < -0.4 is 5.32 Å². The summed E-state index contributed by atoms with van der Waals surface area (Å²) in [5.74, 6) is -0.296. The Morgan fingerprint density at radius 1 is 1.48 bits per heavy atom. The Morgan fingerprint density at radius 2 is 2.19 bits per heavy atom. The average Bonchev–Trinajstić information content (AvgIpc) is 2.71. The minimum Gasteiger partial charge on any atom is -0.392 e. The molecule has 0 aliphatic carbocycles. The van der Waals surface area contributed by atoms with Crippen molar-refractivity contribution in [1.29, 1.82) is 0 Å². The number of carbonyl (C=O) groups is 1. The van der Waals surface area contributed by atoms with Crippen molar-refractivity contribution in [2.45, 2.75) is 13.5 Å². The van der Waals surface area contributed by atoms with Gasteiger partial charge in [-0.15, -0.1) is 0 Å². The summed E-state index contributed by atoms with van der Waals surface area (Å²) < 4.78 is 1.55. The minimum absolute atomic E-state index is 0.131. The molecular formula is C15H16ClN3O2. The first-order chi connectivity index (χ1) is 10.0. The molecule has 0 saturated carbocycles. The molecule has 21 heavy (non-hydrogen) atoms. The molecule has 0 unspecified atom stereocenters. The van der Waals surface area contributed by atoms with E-state index in [2.05, 4.69) is 10.4 Å². The van der Waals surface area contributed by atoms with Crippen molar-refractivity contribution in [1.82, 2.24) is 9.78 Å². The highest BCUT2D eigenvalue weighted by molar-refractivity contribution is 6.31. The number of aliphatic hydroxyl groups is 1. The van der Waals surface area contributed by atoms with Crippen molar-refractivity contribution >= 4 is 29.3 Å². The van der Waals surface area contributed by atoms with Crippen molar-refractivity contribution < 1.29 is 9.90 Å². The number of aliphatic hydroxyl groups excluding tert-OH is 1. The van der Waals surface area contributed by atoms with E-state index in [0.29, 0.717) is 22.0 Å². The number of nitrogens with one attached hydrogen (secondary N) is 1. The SMILES string of the molecule is Cc1nn(C)c(Cl)c1C=CC(=O)Nc1ccccc1CO. The third-order valence-electron chi connectivity index (χ3n) is 3.04. The van der Waals surface area contributed by atoms with Crippen LogP contribution >= 0.6 is 11.6 Å². The van der Waals surface area contributed by atoms with Gasteiger partial charge in [0.1, 0.15) is 5.15 Å². The van der Waals surface area contributed by atoms with Gasteiger partial charge in [0.05, 0.1) is 12.3 Å². The number of anilines is 1. The molecule has 6 heteroatoms. The van der Waals surface area contributed by atoms with Crippen LogP contribution in [-0.4, -0.2) is 20.8 Å². The number of hydrogen-bond acceptors (Lipinski definition) is 3. The van der Waals surface area contributed by atoms with E-state index < -0.39 is 0 Å². The summed E-state index contributed by atoms with van der Waals surface area (Å²) in [4.78, 5) is 11.9. The van der Waals surface area contributed by atoms with Gasteiger partial charge in [0.25, 0.3) is 0 Å². The Bertz CT molecular complexity index is 692. The fourth-order valence-corrected chi connectivity index (χ4v) is 2.19. The Morgan fingerprint density at radius 3 is 2.81 bits per heavy atom. The molecule has 2 aromatic rings. The van der Waals surface area contributed by atoms with E-state index in [1.165, 1.54) is 6.08 Å². The molecule has 0 aliphatic heterocycles. The summed E-state index contributed by atoms with van der Waals surface area (Å²) in [6, 6.07) is 7.08. The van der Waals surface area contributed by atoms with Crippen LogP contribution in [-0.2, 0) is 18.4 Å². The first-order valence-corrected chi connectivity index (χ1v) is 6.77. The predicted molar refractivity (Wildman–Crippen MR) is 83.0 cm³/mol. The van der Waals surface area contributed by atoms with Gasteiger partial charge >= 0.3 is 0 Å². The zero-order valence-corrected chi connectivity index (χ0v) is 12.6. The molecule has 0 aliphatic rings. The Balaban J connectivity index is 2.13. The maximum Gasteiger partial charge on any atom is 0.248 e. The largest absolute Gasteiger partial charge is 0.392 e. The number of hydrogen-bond donors (Lipinski definition) is 2. The summed E-state index contributed by atoms with van der Waals surface area (Å²) in [6.07, 6.45) is 3.02. The van der Waals surface area contributed by atoms with Gasteiger partial charge in [-0.3, -0.25) is 9.48 Å². The first kappa shape index (κ1) is 15.3. The maximum atomic E-state index is 11.9. The van der Waals surface area contributed by atoms with E-state index >= 15 is 0 Å². The number of rotatable bonds is 4. The summed E-state index contributed by atoms with van der Waals surface area (Å²) in [7, 11) is 1.74. The van der Waals surface area contributed by atoms with Crippen molar-refractivity contribution in [3.8, 4) is 0 Å². The highest BCUT2D eigenvalue weighted by Crippen LogP contribution is 2.20. The van der Waals surface area contributed by atoms with E-state index in [1.54, 1.807) is 42.1 Å². The normalized spacial score (nSPS) is 11.0. The smallest absolute Gasteiger partial charge is 0.248 e.